The number of amides is 1. The van der Waals surface area contributed by atoms with Crippen molar-refractivity contribution in [1.82, 2.24) is 5.32 Å². The predicted molar refractivity (Wildman–Crippen MR) is 106 cm³/mol. The number of hydrogen-bond donors (Lipinski definition) is 3. The first-order valence-corrected chi connectivity index (χ1v) is 8.83. The third-order valence-electron chi connectivity index (χ3n) is 4.59. The monoisotopic (exact) mass is 366 g/mol. The number of nitrogens with two attached hydrogens (primary N) is 1. The Balaban J connectivity index is 2.24. The lowest BCUT2D eigenvalue weighted by atomic mass is 9.85. The molecule has 1 amide bonds. The number of carbonyl (C=O) groups is 2. The van der Waals surface area contributed by atoms with Gasteiger partial charge in [0.15, 0.2) is 0 Å². The molecule has 0 saturated heterocycles. The van der Waals surface area contributed by atoms with Crippen LogP contribution in [0.5, 0.6) is 0 Å². The first-order valence-electron chi connectivity index (χ1n) is 8.83. The fourth-order valence-corrected chi connectivity index (χ4v) is 3.02. The minimum Gasteiger partial charge on any atom is -0.480 e. The number of benzene rings is 2. The van der Waals surface area contributed by atoms with Crippen molar-refractivity contribution in [2.45, 2.75) is 37.3 Å². The van der Waals surface area contributed by atoms with Gasteiger partial charge in [0, 0.05) is 6.42 Å². The Hall–Kier alpha value is -2.92. The summed E-state index contributed by atoms with van der Waals surface area (Å²) in [4.78, 5) is 25.0. The van der Waals surface area contributed by atoms with E-state index in [1.807, 2.05) is 60.7 Å². The van der Waals surface area contributed by atoms with Crippen molar-refractivity contribution in [2.24, 2.45) is 5.73 Å². The molecule has 5 heteroatoms. The molecule has 5 nitrogen and oxygen atoms in total. The van der Waals surface area contributed by atoms with Crippen LogP contribution >= 0.6 is 0 Å². The average molecular weight is 366 g/mol. The number of carboxylic acids is 1. The minimum atomic E-state index is -1.47. The van der Waals surface area contributed by atoms with E-state index < -0.39 is 23.0 Å². The number of nitrogens with one attached hydrogen (secondary N) is 1. The van der Waals surface area contributed by atoms with Crippen molar-refractivity contribution in [3.8, 4) is 0 Å². The number of hydrogen-bond acceptors (Lipinski definition) is 3. The molecule has 0 spiro atoms. The van der Waals surface area contributed by atoms with Gasteiger partial charge in [-0.1, -0.05) is 66.7 Å². The molecule has 2 aromatic carbocycles. The van der Waals surface area contributed by atoms with Crippen molar-refractivity contribution in [3.05, 3.63) is 84.4 Å². The van der Waals surface area contributed by atoms with Gasteiger partial charge in [0.05, 0.1) is 0 Å². The van der Waals surface area contributed by atoms with Crippen molar-refractivity contribution < 1.29 is 14.7 Å². The van der Waals surface area contributed by atoms with Crippen LogP contribution in [0.15, 0.2) is 73.3 Å². The second kappa shape index (κ2) is 8.64. The Morgan fingerprint density at radius 1 is 1.04 bits per heavy atom. The number of carboxylic acid groups (broad SMARTS) is 1. The molecule has 0 aliphatic carbocycles. The quantitative estimate of drug-likeness (QED) is 0.595. The molecular formula is C22H26N2O3. The molecule has 142 valence electrons. The van der Waals surface area contributed by atoms with E-state index in [0.717, 1.165) is 11.1 Å². The second-order valence-corrected chi connectivity index (χ2v) is 7.07. The van der Waals surface area contributed by atoms with E-state index in [1.165, 1.54) is 6.92 Å². The zero-order chi connectivity index (χ0) is 19.9. The van der Waals surface area contributed by atoms with Gasteiger partial charge >= 0.3 is 5.97 Å². The Labute approximate surface area is 159 Å². The van der Waals surface area contributed by atoms with Gasteiger partial charge in [-0.3, -0.25) is 4.79 Å². The number of aliphatic carboxylic acids is 1. The highest BCUT2D eigenvalue weighted by Gasteiger charge is 2.41. The van der Waals surface area contributed by atoms with Crippen LogP contribution in [0.1, 0.15) is 24.5 Å². The fraction of sp³-hybridized carbons (Fsp3) is 0.273. The molecule has 0 radical (unpaired) electrons. The molecule has 0 bridgehead atoms. The first-order chi connectivity index (χ1) is 12.8. The molecule has 4 N–H and O–H groups in total. The van der Waals surface area contributed by atoms with Crippen LogP contribution in [0.3, 0.4) is 0 Å². The third-order valence-corrected chi connectivity index (χ3v) is 4.59. The SMILES string of the molecule is C=CC[C@](N)(Cc1ccccc1)C(=O)N[C@](C)(Cc1ccccc1)C(=O)O. The summed E-state index contributed by atoms with van der Waals surface area (Å²) in [5.41, 5.74) is 5.37. The molecule has 0 aliphatic heterocycles. The van der Waals surface area contributed by atoms with Gasteiger partial charge in [0.2, 0.25) is 5.91 Å². The van der Waals surface area contributed by atoms with Crippen molar-refractivity contribution in [1.29, 1.82) is 0 Å². The zero-order valence-corrected chi connectivity index (χ0v) is 15.5. The van der Waals surface area contributed by atoms with E-state index in [0.29, 0.717) is 0 Å². The fourth-order valence-electron chi connectivity index (χ4n) is 3.02. The molecular weight excluding hydrogens is 340 g/mol. The Bertz CT molecular complexity index is 792. The molecule has 0 saturated carbocycles. The Morgan fingerprint density at radius 2 is 1.52 bits per heavy atom. The molecule has 27 heavy (non-hydrogen) atoms. The van der Waals surface area contributed by atoms with Crippen LogP contribution in [0.4, 0.5) is 0 Å². The summed E-state index contributed by atoms with van der Waals surface area (Å²) in [6.45, 7) is 5.19. The summed E-state index contributed by atoms with van der Waals surface area (Å²) in [7, 11) is 0. The lowest BCUT2D eigenvalue weighted by molar-refractivity contribution is -0.147. The van der Waals surface area contributed by atoms with Crippen molar-refractivity contribution in [3.63, 3.8) is 0 Å². The van der Waals surface area contributed by atoms with Crippen LogP contribution < -0.4 is 11.1 Å². The van der Waals surface area contributed by atoms with Gasteiger partial charge in [-0.15, -0.1) is 6.58 Å². The summed E-state index contributed by atoms with van der Waals surface area (Å²) < 4.78 is 0. The van der Waals surface area contributed by atoms with Crippen LogP contribution in [0.25, 0.3) is 0 Å². The molecule has 2 aromatic rings. The molecule has 0 fully saturated rings. The van der Waals surface area contributed by atoms with Crippen LogP contribution in [0, 0.1) is 0 Å². The van der Waals surface area contributed by atoms with E-state index >= 15 is 0 Å². The highest BCUT2D eigenvalue weighted by molar-refractivity contribution is 5.92. The van der Waals surface area contributed by atoms with Gasteiger partial charge in [-0.25, -0.2) is 4.79 Å². The van der Waals surface area contributed by atoms with Crippen molar-refractivity contribution in [2.75, 3.05) is 0 Å². The standard InChI is InChI=1S/C22H26N2O3/c1-3-14-22(23,16-18-12-8-5-9-13-18)19(25)24-21(2,20(26)27)15-17-10-6-4-7-11-17/h3-13H,1,14-16,23H2,2H3,(H,24,25)(H,26,27)/t21-,22+/m1/s1. The first kappa shape index (κ1) is 20.4. The summed E-state index contributed by atoms with van der Waals surface area (Å²) in [5, 5.41) is 12.4. The lowest BCUT2D eigenvalue weighted by Crippen LogP contribution is -2.63. The highest BCUT2D eigenvalue weighted by Crippen LogP contribution is 2.20. The molecule has 0 unspecified atom stereocenters. The van der Waals surface area contributed by atoms with Crippen LogP contribution in [-0.2, 0) is 22.4 Å². The number of rotatable bonds is 9. The maximum absolute atomic E-state index is 13.0. The maximum Gasteiger partial charge on any atom is 0.329 e. The maximum atomic E-state index is 13.0. The van der Waals surface area contributed by atoms with Gasteiger partial charge < -0.3 is 16.2 Å². The van der Waals surface area contributed by atoms with Gasteiger partial charge in [-0.05, 0) is 30.9 Å². The second-order valence-electron chi connectivity index (χ2n) is 7.07. The van der Waals surface area contributed by atoms with E-state index in [9.17, 15) is 14.7 Å². The average Bonchev–Trinajstić information content (AvgIpc) is 2.63. The summed E-state index contributed by atoms with van der Waals surface area (Å²) in [6.07, 6.45) is 2.25. The minimum absolute atomic E-state index is 0.157. The lowest BCUT2D eigenvalue weighted by Gasteiger charge is -2.33. The largest absolute Gasteiger partial charge is 0.480 e. The summed E-state index contributed by atoms with van der Waals surface area (Å²) in [6, 6.07) is 18.6. The summed E-state index contributed by atoms with van der Waals surface area (Å²) >= 11 is 0. The smallest absolute Gasteiger partial charge is 0.329 e. The van der Waals surface area contributed by atoms with Gasteiger partial charge in [0.25, 0.3) is 0 Å². The Morgan fingerprint density at radius 3 is 1.96 bits per heavy atom. The van der Waals surface area contributed by atoms with E-state index in [1.54, 1.807) is 6.08 Å². The van der Waals surface area contributed by atoms with Crippen LogP contribution in [0.2, 0.25) is 0 Å². The molecule has 2 atom stereocenters. The molecule has 0 aromatic heterocycles. The predicted octanol–water partition coefficient (Wildman–Crippen LogP) is 2.70. The Kier molecular flexibility index (Phi) is 6.53. The van der Waals surface area contributed by atoms with E-state index in [2.05, 4.69) is 11.9 Å². The van der Waals surface area contributed by atoms with Crippen LogP contribution in [-0.4, -0.2) is 28.1 Å². The van der Waals surface area contributed by atoms with Crippen molar-refractivity contribution >= 4 is 11.9 Å². The third kappa shape index (κ3) is 5.28. The highest BCUT2D eigenvalue weighted by atomic mass is 16.4. The van der Waals surface area contributed by atoms with E-state index in [-0.39, 0.29) is 19.3 Å². The number of carbonyl (C=O) groups excluding carboxylic acids is 1. The molecule has 0 aliphatic rings. The van der Waals surface area contributed by atoms with Gasteiger partial charge in [0.1, 0.15) is 11.1 Å². The normalized spacial score (nSPS) is 15.2. The molecule has 2 rings (SSSR count). The molecule has 0 heterocycles. The van der Waals surface area contributed by atoms with Gasteiger partial charge in [-0.2, -0.15) is 0 Å². The topological polar surface area (TPSA) is 92.4 Å². The van der Waals surface area contributed by atoms with E-state index in [4.69, 9.17) is 5.73 Å². The summed E-state index contributed by atoms with van der Waals surface area (Å²) in [5.74, 6) is -1.62. The zero-order valence-electron chi connectivity index (χ0n) is 15.5.